The van der Waals surface area contributed by atoms with Crippen LogP contribution in [0.2, 0.25) is 0 Å². The van der Waals surface area contributed by atoms with E-state index in [9.17, 15) is 18.3 Å². The van der Waals surface area contributed by atoms with E-state index in [-0.39, 0.29) is 11.4 Å². The number of morpholine rings is 1. The van der Waals surface area contributed by atoms with Crippen molar-refractivity contribution in [3.63, 3.8) is 0 Å². The molecule has 0 aliphatic carbocycles. The highest BCUT2D eigenvalue weighted by Gasteiger charge is 2.31. The second-order valence-electron chi connectivity index (χ2n) is 5.99. The van der Waals surface area contributed by atoms with Gasteiger partial charge in [-0.05, 0) is 42.0 Å². The van der Waals surface area contributed by atoms with Crippen molar-refractivity contribution in [3.05, 3.63) is 47.5 Å². The number of alkyl halides is 3. The molecule has 5 nitrogen and oxygen atoms in total. The molecule has 1 heterocycles. The van der Waals surface area contributed by atoms with Crippen LogP contribution < -0.4 is 9.64 Å². The van der Waals surface area contributed by atoms with E-state index < -0.39 is 11.7 Å². The van der Waals surface area contributed by atoms with E-state index in [4.69, 9.17) is 9.47 Å². The first-order valence-electron chi connectivity index (χ1n) is 8.33. The molecule has 2 aromatic rings. The second-order valence-corrected chi connectivity index (χ2v) is 5.99. The van der Waals surface area contributed by atoms with Crippen LogP contribution in [0.15, 0.2) is 41.4 Å². The Morgan fingerprint density at radius 3 is 2.52 bits per heavy atom. The quantitative estimate of drug-likeness (QED) is 0.815. The SMILES string of the molecule is COc1ccc(C=Nc2cc(C(F)(F)F)ccc2N2CCOCC2)cc1O. The molecule has 0 radical (unpaired) electrons. The molecule has 1 aliphatic heterocycles. The zero-order valence-corrected chi connectivity index (χ0v) is 14.7. The number of anilines is 1. The average molecular weight is 380 g/mol. The molecule has 1 aliphatic rings. The summed E-state index contributed by atoms with van der Waals surface area (Å²) in [5, 5.41) is 9.84. The first kappa shape index (κ1) is 19.0. The summed E-state index contributed by atoms with van der Waals surface area (Å²) in [5.74, 6) is 0.235. The lowest BCUT2D eigenvalue weighted by Gasteiger charge is -2.30. The van der Waals surface area contributed by atoms with Gasteiger partial charge in [0.05, 0.1) is 37.3 Å². The highest BCUT2D eigenvalue weighted by molar-refractivity contribution is 5.85. The fraction of sp³-hybridized carbons (Fsp3) is 0.316. The monoisotopic (exact) mass is 380 g/mol. The van der Waals surface area contributed by atoms with Crippen LogP contribution in [0.4, 0.5) is 24.5 Å². The average Bonchev–Trinajstić information content (AvgIpc) is 2.66. The van der Waals surface area contributed by atoms with Gasteiger partial charge in [0, 0.05) is 19.3 Å². The van der Waals surface area contributed by atoms with Crippen molar-refractivity contribution in [1.82, 2.24) is 0 Å². The number of hydrogen-bond acceptors (Lipinski definition) is 5. The third-order valence-electron chi connectivity index (χ3n) is 4.21. The molecule has 8 heteroatoms. The third kappa shape index (κ3) is 4.51. The summed E-state index contributed by atoms with van der Waals surface area (Å²) < 4.78 is 49.6. The maximum atomic E-state index is 13.1. The van der Waals surface area contributed by atoms with Gasteiger partial charge in [0.2, 0.25) is 0 Å². The number of phenols is 1. The van der Waals surface area contributed by atoms with Gasteiger partial charge in [-0.1, -0.05) is 0 Å². The van der Waals surface area contributed by atoms with Crippen molar-refractivity contribution in [2.75, 3.05) is 38.3 Å². The van der Waals surface area contributed by atoms with Crippen LogP contribution in [0.25, 0.3) is 0 Å². The number of benzene rings is 2. The summed E-state index contributed by atoms with van der Waals surface area (Å²) in [6, 6.07) is 8.18. The minimum Gasteiger partial charge on any atom is -0.504 e. The van der Waals surface area contributed by atoms with Crippen LogP contribution in [0, 0.1) is 0 Å². The van der Waals surface area contributed by atoms with E-state index in [2.05, 4.69) is 4.99 Å². The van der Waals surface area contributed by atoms with E-state index >= 15 is 0 Å². The van der Waals surface area contributed by atoms with E-state index in [0.717, 1.165) is 12.1 Å². The maximum absolute atomic E-state index is 13.1. The van der Waals surface area contributed by atoms with Gasteiger partial charge in [-0.2, -0.15) is 13.2 Å². The molecule has 144 valence electrons. The van der Waals surface area contributed by atoms with Gasteiger partial charge < -0.3 is 19.5 Å². The number of halogens is 3. The fourth-order valence-corrected chi connectivity index (χ4v) is 2.81. The summed E-state index contributed by atoms with van der Waals surface area (Å²) in [5.41, 5.74) is 0.602. The molecule has 0 bridgehead atoms. The molecule has 0 unspecified atom stereocenters. The van der Waals surface area contributed by atoms with Gasteiger partial charge in [-0.15, -0.1) is 0 Å². The lowest BCUT2D eigenvalue weighted by atomic mass is 10.1. The first-order chi connectivity index (χ1) is 12.9. The Bertz CT molecular complexity index is 831. The molecule has 1 saturated heterocycles. The van der Waals surface area contributed by atoms with E-state index in [1.807, 2.05) is 4.90 Å². The van der Waals surface area contributed by atoms with Gasteiger partial charge in [-0.3, -0.25) is 4.99 Å². The summed E-state index contributed by atoms with van der Waals surface area (Å²) in [6.07, 6.45) is -3.04. The highest BCUT2D eigenvalue weighted by atomic mass is 19.4. The Morgan fingerprint density at radius 1 is 1.15 bits per heavy atom. The van der Waals surface area contributed by atoms with Gasteiger partial charge in [0.15, 0.2) is 11.5 Å². The molecule has 27 heavy (non-hydrogen) atoms. The number of hydrogen-bond donors (Lipinski definition) is 1. The predicted molar refractivity (Wildman–Crippen MR) is 96.4 cm³/mol. The van der Waals surface area contributed by atoms with Crippen LogP contribution in [0.5, 0.6) is 11.5 Å². The largest absolute Gasteiger partial charge is 0.504 e. The van der Waals surface area contributed by atoms with Crippen molar-refractivity contribution in [1.29, 1.82) is 0 Å². The maximum Gasteiger partial charge on any atom is 0.416 e. The highest BCUT2D eigenvalue weighted by Crippen LogP contribution is 2.37. The van der Waals surface area contributed by atoms with Crippen molar-refractivity contribution < 1.29 is 27.8 Å². The van der Waals surface area contributed by atoms with Crippen LogP contribution in [0.3, 0.4) is 0 Å². The van der Waals surface area contributed by atoms with Crippen molar-refractivity contribution in [3.8, 4) is 11.5 Å². The van der Waals surface area contributed by atoms with Gasteiger partial charge in [0.1, 0.15) is 0 Å². The molecular weight excluding hydrogens is 361 g/mol. The van der Waals surface area contributed by atoms with Crippen LogP contribution >= 0.6 is 0 Å². The standard InChI is InChI=1S/C19H19F3N2O3/c1-26-18-5-2-13(10-17(18)25)12-23-15-11-14(19(20,21)22)3-4-16(15)24-6-8-27-9-7-24/h2-5,10-12,25H,6-9H2,1H3. The molecule has 0 amide bonds. The first-order valence-corrected chi connectivity index (χ1v) is 8.33. The Kier molecular flexibility index (Phi) is 5.55. The predicted octanol–water partition coefficient (Wildman–Crippen LogP) is 4.01. The number of rotatable bonds is 4. The summed E-state index contributed by atoms with van der Waals surface area (Å²) in [6.45, 7) is 2.18. The zero-order chi connectivity index (χ0) is 19.4. The van der Waals surface area contributed by atoms with E-state index in [1.165, 1.54) is 25.5 Å². The van der Waals surface area contributed by atoms with E-state index in [1.54, 1.807) is 12.1 Å². The fourth-order valence-electron chi connectivity index (χ4n) is 2.81. The minimum atomic E-state index is -4.45. The minimum absolute atomic E-state index is 0.0705. The zero-order valence-electron chi connectivity index (χ0n) is 14.7. The molecule has 0 spiro atoms. The van der Waals surface area contributed by atoms with Crippen LogP contribution in [-0.2, 0) is 10.9 Å². The number of phenolic OH excluding ortho intramolecular Hbond substituents is 1. The molecule has 0 saturated carbocycles. The smallest absolute Gasteiger partial charge is 0.416 e. The molecule has 0 atom stereocenters. The number of aromatic hydroxyl groups is 1. The summed E-state index contributed by atoms with van der Waals surface area (Å²) >= 11 is 0. The summed E-state index contributed by atoms with van der Waals surface area (Å²) in [7, 11) is 1.43. The Labute approximate surface area is 154 Å². The van der Waals surface area contributed by atoms with Crippen LogP contribution in [-0.4, -0.2) is 44.7 Å². The number of aliphatic imine (C=N–C) groups is 1. The number of ether oxygens (including phenoxy) is 2. The molecule has 1 fully saturated rings. The van der Waals surface area contributed by atoms with Crippen molar-refractivity contribution in [2.24, 2.45) is 4.99 Å². The van der Waals surface area contributed by atoms with Crippen molar-refractivity contribution in [2.45, 2.75) is 6.18 Å². The lowest BCUT2D eigenvalue weighted by molar-refractivity contribution is -0.137. The third-order valence-corrected chi connectivity index (χ3v) is 4.21. The number of methoxy groups -OCH3 is 1. The normalized spacial score (nSPS) is 15.3. The Balaban J connectivity index is 1.96. The van der Waals surface area contributed by atoms with E-state index in [0.29, 0.717) is 43.3 Å². The van der Waals surface area contributed by atoms with Crippen molar-refractivity contribution >= 4 is 17.6 Å². The molecule has 3 rings (SSSR count). The number of nitrogens with zero attached hydrogens (tertiary/aromatic N) is 2. The van der Waals surface area contributed by atoms with Gasteiger partial charge >= 0.3 is 6.18 Å². The molecule has 0 aromatic heterocycles. The molecule has 2 aromatic carbocycles. The topological polar surface area (TPSA) is 54.3 Å². The molecular formula is C19H19F3N2O3. The Hall–Kier alpha value is -2.74. The van der Waals surface area contributed by atoms with Crippen LogP contribution in [0.1, 0.15) is 11.1 Å². The Morgan fingerprint density at radius 2 is 1.89 bits per heavy atom. The summed E-state index contributed by atoms with van der Waals surface area (Å²) in [4.78, 5) is 6.21. The molecule has 1 N–H and O–H groups in total. The second kappa shape index (κ2) is 7.87. The van der Waals surface area contributed by atoms with Gasteiger partial charge in [0.25, 0.3) is 0 Å². The lowest BCUT2D eigenvalue weighted by Crippen LogP contribution is -2.36. The van der Waals surface area contributed by atoms with Gasteiger partial charge in [-0.25, -0.2) is 0 Å².